The van der Waals surface area contributed by atoms with Gasteiger partial charge in [0.2, 0.25) is 5.91 Å². The fraction of sp³-hybridized carbons (Fsp3) is 0.500. The fourth-order valence-corrected chi connectivity index (χ4v) is 2.37. The van der Waals surface area contributed by atoms with Crippen LogP contribution in [0.5, 0.6) is 0 Å². The molecule has 2 nitrogen and oxygen atoms in total. The zero-order chi connectivity index (χ0) is 12.3. The number of hydrogen-bond donors (Lipinski definition) is 1. The summed E-state index contributed by atoms with van der Waals surface area (Å²) in [6.45, 7) is 2.09. The molecule has 3 heteroatoms. The van der Waals surface area contributed by atoms with Gasteiger partial charge in [0.1, 0.15) is 0 Å². The summed E-state index contributed by atoms with van der Waals surface area (Å²) in [4.78, 5) is 11.6. The normalized spacial score (nSPS) is 22.2. The monoisotopic (exact) mass is 251 g/mol. The molecule has 1 aromatic carbocycles. The van der Waals surface area contributed by atoms with Crippen molar-refractivity contribution in [1.29, 1.82) is 0 Å². The first-order valence-corrected chi connectivity index (χ1v) is 6.64. The molecule has 92 valence electrons. The van der Waals surface area contributed by atoms with E-state index >= 15 is 0 Å². The summed E-state index contributed by atoms with van der Waals surface area (Å²) >= 11 is 6.13. The highest BCUT2D eigenvalue weighted by Crippen LogP contribution is 2.43. The standard InChI is InChI=1S/C14H18ClNO/c1-2-3-8-14(17)16-13-9-11(13)10-6-4-5-7-12(10)15/h4-7,11,13H,2-3,8-9H2,1H3,(H,16,17)/t11-,13+/m0/s1. The molecule has 0 saturated heterocycles. The fourth-order valence-electron chi connectivity index (χ4n) is 2.09. The lowest BCUT2D eigenvalue weighted by Gasteiger charge is -2.05. The number of rotatable bonds is 5. The van der Waals surface area contributed by atoms with Crippen molar-refractivity contribution in [2.75, 3.05) is 0 Å². The molecule has 1 N–H and O–H groups in total. The average Bonchev–Trinajstić information content (AvgIpc) is 3.06. The molecule has 0 radical (unpaired) electrons. The molecule has 1 saturated carbocycles. The van der Waals surface area contributed by atoms with Crippen molar-refractivity contribution < 1.29 is 4.79 Å². The third-order valence-corrected chi connectivity index (χ3v) is 3.54. The molecule has 0 heterocycles. The summed E-state index contributed by atoms with van der Waals surface area (Å²) in [5.41, 5.74) is 1.16. The Kier molecular flexibility index (Phi) is 4.06. The van der Waals surface area contributed by atoms with Gasteiger partial charge in [-0.05, 0) is 24.5 Å². The minimum Gasteiger partial charge on any atom is -0.353 e. The van der Waals surface area contributed by atoms with Crippen LogP contribution in [-0.4, -0.2) is 11.9 Å². The molecule has 1 amide bonds. The second-order valence-electron chi connectivity index (χ2n) is 4.64. The highest BCUT2D eigenvalue weighted by molar-refractivity contribution is 6.31. The first-order chi connectivity index (χ1) is 8.22. The Morgan fingerprint density at radius 2 is 2.24 bits per heavy atom. The zero-order valence-corrected chi connectivity index (χ0v) is 10.8. The van der Waals surface area contributed by atoms with Crippen LogP contribution >= 0.6 is 11.6 Å². The van der Waals surface area contributed by atoms with Gasteiger partial charge in [-0.2, -0.15) is 0 Å². The first kappa shape index (κ1) is 12.4. The highest BCUT2D eigenvalue weighted by atomic mass is 35.5. The minimum absolute atomic E-state index is 0.173. The van der Waals surface area contributed by atoms with Crippen molar-refractivity contribution in [3.8, 4) is 0 Å². The number of amides is 1. The summed E-state index contributed by atoms with van der Waals surface area (Å²) in [5.74, 6) is 0.584. The van der Waals surface area contributed by atoms with E-state index in [-0.39, 0.29) is 5.91 Å². The Bertz CT molecular complexity index is 405. The van der Waals surface area contributed by atoms with Gasteiger partial charge < -0.3 is 5.32 Å². The lowest BCUT2D eigenvalue weighted by molar-refractivity contribution is -0.121. The molecule has 0 unspecified atom stereocenters. The van der Waals surface area contributed by atoms with E-state index in [4.69, 9.17) is 11.6 Å². The van der Waals surface area contributed by atoms with Gasteiger partial charge in [-0.3, -0.25) is 4.79 Å². The van der Waals surface area contributed by atoms with E-state index in [0.29, 0.717) is 18.4 Å². The van der Waals surface area contributed by atoms with E-state index in [9.17, 15) is 4.79 Å². The predicted molar refractivity (Wildman–Crippen MR) is 70.3 cm³/mol. The summed E-state index contributed by atoms with van der Waals surface area (Å²) < 4.78 is 0. The van der Waals surface area contributed by atoms with Crippen LogP contribution < -0.4 is 5.32 Å². The van der Waals surface area contributed by atoms with Crippen LogP contribution in [0.3, 0.4) is 0 Å². The van der Waals surface area contributed by atoms with Crippen LogP contribution in [0.4, 0.5) is 0 Å². The van der Waals surface area contributed by atoms with Crippen LogP contribution in [0, 0.1) is 0 Å². The Hall–Kier alpha value is -1.02. The number of unbranched alkanes of at least 4 members (excludes halogenated alkanes) is 1. The van der Waals surface area contributed by atoms with Crippen molar-refractivity contribution in [3.05, 3.63) is 34.9 Å². The van der Waals surface area contributed by atoms with Crippen LogP contribution in [0.1, 0.15) is 44.1 Å². The van der Waals surface area contributed by atoms with Gasteiger partial charge in [-0.1, -0.05) is 43.1 Å². The third-order valence-electron chi connectivity index (χ3n) is 3.20. The Labute approximate surface area is 107 Å². The number of nitrogens with one attached hydrogen (secondary N) is 1. The van der Waals surface area contributed by atoms with E-state index < -0.39 is 0 Å². The van der Waals surface area contributed by atoms with Crippen molar-refractivity contribution in [2.24, 2.45) is 0 Å². The zero-order valence-electron chi connectivity index (χ0n) is 10.1. The Morgan fingerprint density at radius 1 is 1.47 bits per heavy atom. The molecule has 1 aromatic rings. The van der Waals surface area contributed by atoms with E-state index in [1.165, 1.54) is 0 Å². The summed E-state index contributed by atoms with van der Waals surface area (Å²) in [6, 6.07) is 8.17. The predicted octanol–water partition coefficient (Wildman–Crippen LogP) is 3.50. The lowest BCUT2D eigenvalue weighted by Crippen LogP contribution is -2.26. The average molecular weight is 252 g/mol. The quantitative estimate of drug-likeness (QED) is 0.853. The van der Waals surface area contributed by atoms with Gasteiger partial charge in [0.15, 0.2) is 0 Å². The largest absolute Gasteiger partial charge is 0.353 e. The SMILES string of the molecule is CCCCC(=O)N[C@@H]1C[C@H]1c1ccccc1Cl. The molecule has 17 heavy (non-hydrogen) atoms. The van der Waals surface area contributed by atoms with Gasteiger partial charge in [0, 0.05) is 23.4 Å². The number of carbonyl (C=O) groups excluding carboxylic acids is 1. The van der Waals surface area contributed by atoms with Crippen molar-refractivity contribution in [1.82, 2.24) is 5.32 Å². The second-order valence-corrected chi connectivity index (χ2v) is 5.05. The summed E-state index contributed by atoms with van der Waals surface area (Å²) in [7, 11) is 0. The minimum atomic E-state index is 0.173. The molecule has 0 aliphatic heterocycles. The topological polar surface area (TPSA) is 29.1 Å². The highest BCUT2D eigenvalue weighted by Gasteiger charge is 2.40. The molecule has 0 aromatic heterocycles. The van der Waals surface area contributed by atoms with Crippen LogP contribution in [0.15, 0.2) is 24.3 Å². The Morgan fingerprint density at radius 3 is 2.94 bits per heavy atom. The smallest absolute Gasteiger partial charge is 0.220 e. The third kappa shape index (κ3) is 3.22. The van der Waals surface area contributed by atoms with E-state index in [1.54, 1.807) is 0 Å². The molecule has 1 fully saturated rings. The maximum absolute atomic E-state index is 11.6. The van der Waals surface area contributed by atoms with Crippen molar-refractivity contribution in [3.63, 3.8) is 0 Å². The first-order valence-electron chi connectivity index (χ1n) is 6.26. The van der Waals surface area contributed by atoms with Crippen LogP contribution in [0.25, 0.3) is 0 Å². The van der Waals surface area contributed by atoms with Gasteiger partial charge in [-0.15, -0.1) is 0 Å². The van der Waals surface area contributed by atoms with Gasteiger partial charge >= 0.3 is 0 Å². The molecule has 1 aliphatic rings. The van der Waals surface area contributed by atoms with E-state index in [1.807, 2.05) is 24.3 Å². The molecule has 2 atom stereocenters. The number of hydrogen-bond acceptors (Lipinski definition) is 1. The Balaban J connectivity index is 1.85. The summed E-state index contributed by atoms with van der Waals surface area (Å²) in [5, 5.41) is 3.88. The molecular formula is C14H18ClNO. The lowest BCUT2D eigenvalue weighted by atomic mass is 10.1. The van der Waals surface area contributed by atoms with Crippen LogP contribution in [0.2, 0.25) is 5.02 Å². The maximum atomic E-state index is 11.6. The molecule has 1 aliphatic carbocycles. The molecular weight excluding hydrogens is 234 g/mol. The molecule has 0 spiro atoms. The van der Waals surface area contributed by atoms with E-state index in [2.05, 4.69) is 12.2 Å². The van der Waals surface area contributed by atoms with Gasteiger partial charge in [0.25, 0.3) is 0 Å². The number of halogens is 1. The molecule has 0 bridgehead atoms. The van der Waals surface area contributed by atoms with Crippen LogP contribution in [-0.2, 0) is 4.79 Å². The molecule has 2 rings (SSSR count). The number of carbonyl (C=O) groups is 1. The van der Waals surface area contributed by atoms with Gasteiger partial charge in [0.05, 0.1) is 0 Å². The number of benzene rings is 1. The van der Waals surface area contributed by atoms with Crippen molar-refractivity contribution in [2.45, 2.75) is 44.6 Å². The van der Waals surface area contributed by atoms with Crippen molar-refractivity contribution >= 4 is 17.5 Å². The van der Waals surface area contributed by atoms with Gasteiger partial charge in [-0.25, -0.2) is 0 Å². The second kappa shape index (κ2) is 5.54. The maximum Gasteiger partial charge on any atom is 0.220 e. The summed E-state index contributed by atoms with van der Waals surface area (Å²) in [6.07, 6.45) is 3.69. The van der Waals surface area contributed by atoms with E-state index in [0.717, 1.165) is 29.8 Å².